The molecule has 2 aromatic rings. The van der Waals surface area contributed by atoms with Crippen LogP contribution < -0.4 is 10.9 Å². The van der Waals surface area contributed by atoms with E-state index < -0.39 is 0 Å². The second-order valence-electron chi connectivity index (χ2n) is 7.03. The zero-order valence-corrected chi connectivity index (χ0v) is 17.3. The van der Waals surface area contributed by atoms with Crippen LogP contribution in [0.3, 0.4) is 0 Å². The maximum atomic E-state index is 13.1. The Balaban J connectivity index is 1.99. The number of nitrogens with one attached hydrogen (secondary N) is 1. The van der Waals surface area contributed by atoms with E-state index in [-0.39, 0.29) is 28.9 Å². The number of rotatable bonds is 6. The van der Waals surface area contributed by atoms with Gasteiger partial charge in [-0.2, -0.15) is 0 Å². The lowest BCUT2D eigenvalue weighted by Gasteiger charge is -2.19. The Morgan fingerprint density at radius 2 is 2.22 bits per heavy atom. The summed E-state index contributed by atoms with van der Waals surface area (Å²) in [5, 5.41) is 4.06. The first-order chi connectivity index (χ1) is 12.8. The Bertz CT molecular complexity index is 894. The van der Waals surface area contributed by atoms with Crippen molar-refractivity contribution in [2.45, 2.75) is 62.7 Å². The molecule has 1 aliphatic heterocycles. The van der Waals surface area contributed by atoms with E-state index in [1.807, 2.05) is 20.8 Å². The van der Waals surface area contributed by atoms with Crippen molar-refractivity contribution in [2.75, 3.05) is 6.61 Å². The van der Waals surface area contributed by atoms with Gasteiger partial charge in [-0.05, 0) is 51.8 Å². The fraction of sp³-hybridized carbons (Fsp3) is 0.526. The first-order valence-electron chi connectivity index (χ1n) is 9.14. The van der Waals surface area contributed by atoms with Gasteiger partial charge in [0.15, 0.2) is 5.16 Å². The molecule has 1 saturated heterocycles. The number of hydrogen-bond donors (Lipinski definition) is 1. The highest BCUT2D eigenvalue weighted by molar-refractivity contribution is 8.00. The smallest absolute Gasteiger partial charge is 0.262 e. The van der Waals surface area contributed by atoms with Crippen LogP contribution in [0, 0.1) is 0 Å². The second-order valence-corrected chi connectivity index (χ2v) is 8.77. The van der Waals surface area contributed by atoms with E-state index in [4.69, 9.17) is 16.3 Å². The molecule has 3 rings (SSSR count). The molecule has 27 heavy (non-hydrogen) atoms. The van der Waals surface area contributed by atoms with Crippen molar-refractivity contribution in [3.63, 3.8) is 0 Å². The van der Waals surface area contributed by atoms with Crippen LogP contribution >= 0.6 is 23.4 Å². The van der Waals surface area contributed by atoms with Crippen LogP contribution in [0.25, 0.3) is 10.9 Å². The van der Waals surface area contributed by atoms with Crippen molar-refractivity contribution in [3.8, 4) is 0 Å². The molecule has 1 aromatic carbocycles. The van der Waals surface area contributed by atoms with Crippen LogP contribution in [-0.2, 0) is 16.1 Å². The van der Waals surface area contributed by atoms with Crippen LogP contribution in [-0.4, -0.2) is 39.5 Å². The third kappa shape index (κ3) is 4.83. The molecular formula is C19H24ClN3O3S. The molecule has 146 valence electrons. The van der Waals surface area contributed by atoms with Crippen molar-refractivity contribution < 1.29 is 9.53 Å². The van der Waals surface area contributed by atoms with E-state index in [2.05, 4.69) is 10.3 Å². The molecule has 6 nitrogen and oxygen atoms in total. The van der Waals surface area contributed by atoms with Crippen molar-refractivity contribution in [1.29, 1.82) is 0 Å². The summed E-state index contributed by atoms with van der Waals surface area (Å²) in [6, 6.07) is 5.12. The number of amides is 1. The Morgan fingerprint density at radius 1 is 1.44 bits per heavy atom. The molecular weight excluding hydrogens is 386 g/mol. The van der Waals surface area contributed by atoms with Gasteiger partial charge in [0.25, 0.3) is 5.56 Å². The number of aromatic nitrogens is 2. The van der Waals surface area contributed by atoms with E-state index in [0.717, 1.165) is 12.8 Å². The van der Waals surface area contributed by atoms with Crippen LogP contribution in [0.1, 0.15) is 33.6 Å². The highest BCUT2D eigenvalue weighted by atomic mass is 35.5. The van der Waals surface area contributed by atoms with Crippen LogP contribution in [0.2, 0.25) is 5.02 Å². The van der Waals surface area contributed by atoms with Crippen LogP contribution in [0.4, 0.5) is 0 Å². The molecule has 0 spiro atoms. The van der Waals surface area contributed by atoms with Gasteiger partial charge in [0, 0.05) is 17.7 Å². The standard InChI is InChI=1S/C19H24ClN3O3S/c1-11(2)21-17(24)12(3)27-19-22-16-9-13(20)6-7-15(16)18(25)23(19)10-14-5-4-8-26-14/h6-7,9,11-12,14H,4-5,8,10H2,1-3H3,(H,21,24)/t12-,14+/m1/s1. The van der Waals surface area contributed by atoms with E-state index in [1.165, 1.54) is 11.8 Å². The summed E-state index contributed by atoms with van der Waals surface area (Å²) in [5.41, 5.74) is 0.404. The molecule has 0 unspecified atom stereocenters. The minimum Gasteiger partial charge on any atom is -0.376 e. The Labute approximate surface area is 167 Å². The molecule has 1 fully saturated rings. The lowest BCUT2D eigenvalue weighted by molar-refractivity contribution is -0.120. The molecule has 8 heteroatoms. The summed E-state index contributed by atoms with van der Waals surface area (Å²) >= 11 is 7.35. The second kappa shape index (κ2) is 8.63. The molecule has 2 heterocycles. The summed E-state index contributed by atoms with van der Waals surface area (Å²) in [4.78, 5) is 30.1. The van der Waals surface area contributed by atoms with Gasteiger partial charge in [-0.3, -0.25) is 14.2 Å². The number of ether oxygens (including phenoxy) is 1. The Kier molecular flexibility index (Phi) is 6.44. The third-order valence-electron chi connectivity index (χ3n) is 4.37. The summed E-state index contributed by atoms with van der Waals surface area (Å²) in [7, 11) is 0. The number of hydrogen-bond acceptors (Lipinski definition) is 5. The maximum absolute atomic E-state index is 13.1. The number of carbonyl (C=O) groups excluding carboxylic acids is 1. The normalized spacial score (nSPS) is 18.2. The molecule has 2 atom stereocenters. The van der Waals surface area contributed by atoms with Crippen molar-refractivity contribution in [3.05, 3.63) is 33.6 Å². The van der Waals surface area contributed by atoms with Gasteiger partial charge in [0.2, 0.25) is 5.91 Å². The van der Waals surface area contributed by atoms with Gasteiger partial charge in [-0.25, -0.2) is 4.98 Å². The minimum atomic E-state index is -0.383. The van der Waals surface area contributed by atoms with E-state index in [0.29, 0.717) is 34.2 Å². The zero-order chi connectivity index (χ0) is 19.6. The highest BCUT2D eigenvalue weighted by Gasteiger charge is 2.23. The van der Waals surface area contributed by atoms with Crippen LogP contribution in [0.15, 0.2) is 28.2 Å². The highest BCUT2D eigenvalue weighted by Crippen LogP contribution is 2.25. The molecule has 1 aromatic heterocycles. The predicted molar refractivity (Wildman–Crippen MR) is 109 cm³/mol. The van der Waals surface area contributed by atoms with Gasteiger partial charge >= 0.3 is 0 Å². The number of carbonyl (C=O) groups is 1. The van der Waals surface area contributed by atoms with E-state index >= 15 is 0 Å². The van der Waals surface area contributed by atoms with E-state index in [9.17, 15) is 9.59 Å². The fourth-order valence-electron chi connectivity index (χ4n) is 3.03. The summed E-state index contributed by atoms with van der Waals surface area (Å²) in [6.07, 6.45) is 1.90. The van der Waals surface area contributed by atoms with Gasteiger partial charge in [0.05, 0.1) is 28.8 Å². The summed E-state index contributed by atoms with van der Waals surface area (Å²) in [6.45, 7) is 6.79. The summed E-state index contributed by atoms with van der Waals surface area (Å²) in [5.74, 6) is -0.0842. The fourth-order valence-corrected chi connectivity index (χ4v) is 4.12. The Morgan fingerprint density at radius 3 is 2.89 bits per heavy atom. The number of benzene rings is 1. The average Bonchev–Trinajstić information content (AvgIpc) is 3.10. The van der Waals surface area contributed by atoms with Gasteiger partial charge < -0.3 is 10.1 Å². The first-order valence-corrected chi connectivity index (χ1v) is 10.4. The van der Waals surface area contributed by atoms with Crippen molar-refractivity contribution in [1.82, 2.24) is 14.9 Å². The largest absolute Gasteiger partial charge is 0.376 e. The van der Waals surface area contributed by atoms with E-state index in [1.54, 1.807) is 22.8 Å². The molecule has 0 radical (unpaired) electrons. The minimum absolute atomic E-state index is 0.00611. The van der Waals surface area contributed by atoms with Crippen molar-refractivity contribution >= 4 is 40.2 Å². The average molecular weight is 410 g/mol. The van der Waals surface area contributed by atoms with Gasteiger partial charge in [0.1, 0.15) is 0 Å². The number of fused-ring (bicyclic) bond motifs is 1. The first kappa shape index (κ1) is 20.2. The Hall–Kier alpha value is -1.57. The van der Waals surface area contributed by atoms with Gasteiger partial charge in [-0.1, -0.05) is 23.4 Å². The molecule has 1 amide bonds. The topological polar surface area (TPSA) is 73.2 Å². The maximum Gasteiger partial charge on any atom is 0.262 e. The lowest BCUT2D eigenvalue weighted by Crippen LogP contribution is -2.36. The van der Waals surface area contributed by atoms with Crippen LogP contribution in [0.5, 0.6) is 0 Å². The van der Waals surface area contributed by atoms with Crippen molar-refractivity contribution in [2.24, 2.45) is 0 Å². The number of thioether (sulfide) groups is 1. The molecule has 1 N–H and O–H groups in total. The summed E-state index contributed by atoms with van der Waals surface area (Å²) < 4.78 is 7.34. The molecule has 0 bridgehead atoms. The zero-order valence-electron chi connectivity index (χ0n) is 15.7. The quantitative estimate of drug-likeness (QED) is 0.585. The number of nitrogens with zero attached hydrogens (tertiary/aromatic N) is 2. The predicted octanol–water partition coefficient (Wildman–Crippen LogP) is 3.23. The molecule has 1 aliphatic rings. The SMILES string of the molecule is CC(C)NC(=O)[C@@H](C)Sc1nc2cc(Cl)ccc2c(=O)n1C[C@@H]1CCCO1. The van der Waals surface area contributed by atoms with Gasteiger partial charge in [-0.15, -0.1) is 0 Å². The number of halogens is 1. The monoisotopic (exact) mass is 409 g/mol. The molecule has 0 aliphatic carbocycles. The lowest BCUT2D eigenvalue weighted by atomic mass is 10.2. The molecule has 0 saturated carbocycles. The third-order valence-corrected chi connectivity index (χ3v) is 5.70.